The van der Waals surface area contributed by atoms with Gasteiger partial charge in [-0.1, -0.05) is 0 Å². The van der Waals surface area contributed by atoms with Gasteiger partial charge < -0.3 is 10.2 Å². The van der Waals surface area contributed by atoms with Gasteiger partial charge in [-0.2, -0.15) is 5.10 Å². The molecule has 2 N–H and O–H groups in total. The molecule has 2 aromatic heterocycles. The standard InChI is InChI=1S/C9H12N4O/c1-6(10)9-11-4-8(14-9)7-3-12-13(2)5-7/h3-6H,10H2,1-2H3. The molecule has 0 saturated carbocycles. The molecule has 0 fully saturated rings. The van der Waals surface area contributed by atoms with Gasteiger partial charge >= 0.3 is 0 Å². The van der Waals surface area contributed by atoms with Crippen LogP contribution in [0.25, 0.3) is 11.3 Å². The Balaban J connectivity index is 2.33. The second-order valence-electron chi connectivity index (χ2n) is 3.25. The lowest BCUT2D eigenvalue weighted by Crippen LogP contribution is -2.04. The summed E-state index contributed by atoms with van der Waals surface area (Å²) in [5, 5.41) is 4.04. The minimum absolute atomic E-state index is 0.180. The molecule has 0 aliphatic rings. The van der Waals surface area contributed by atoms with Crippen LogP contribution in [0.15, 0.2) is 23.0 Å². The smallest absolute Gasteiger partial charge is 0.211 e. The molecule has 0 bridgehead atoms. The van der Waals surface area contributed by atoms with Crippen molar-refractivity contribution >= 4 is 0 Å². The molecule has 0 aliphatic heterocycles. The number of hydrogen-bond acceptors (Lipinski definition) is 4. The molecule has 0 spiro atoms. The van der Waals surface area contributed by atoms with Gasteiger partial charge in [0.05, 0.1) is 24.0 Å². The summed E-state index contributed by atoms with van der Waals surface area (Å²) in [6.07, 6.45) is 5.26. The Kier molecular flexibility index (Phi) is 2.09. The molecule has 0 amide bonds. The molecule has 14 heavy (non-hydrogen) atoms. The molecule has 0 radical (unpaired) electrons. The number of hydrogen-bond donors (Lipinski definition) is 1. The predicted octanol–water partition coefficient (Wildman–Crippen LogP) is 1.09. The Morgan fingerprint density at radius 2 is 2.29 bits per heavy atom. The van der Waals surface area contributed by atoms with Gasteiger partial charge in [-0.25, -0.2) is 4.98 Å². The second kappa shape index (κ2) is 3.26. The van der Waals surface area contributed by atoms with Gasteiger partial charge in [0.1, 0.15) is 0 Å². The quantitative estimate of drug-likeness (QED) is 0.773. The molecule has 5 heteroatoms. The molecule has 1 unspecified atom stereocenters. The van der Waals surface area contributed by atoms with Gasteiger partial charge in [0.2, 0.25) is 5.89 Å². The summed E-state index contributed by atoms with van der Waals surface area (Å²) in [5.41, 5.74) is 6.54. The average Bonchev–Trinajstić information content (AvgIpc) is 2.70. The molecule has 2 aromatic rings. The van der Waals surface area contributed by atoms with Gasteiger partial charge in [0, 0.05) is 13.2 Å². The third kappa shape index (κ3) is 1.54. The van der Waals surface area contributed by atoms with Crippen molar-refractivity contribution in [3.63, 3.8) is 0 Å². The fourth-order valence-corrected chi connectivity index (χ4v) is 1.18. The lowest BCUT2D eigenvalue weighted by molar-refractivity contribution is 0.473. The number of nitrogens with zero attached hydrogens (tertiary/aromatic N) is 3. The van der Waals surface area contributed by atoms with Crippen LogP contribution in [-0.2, 0) is 7.05 Å². The van der Waals surface area contributed by atoms with E-state index in [2.05, 4.69) is 10.1 Å². The second-order valence-corrected chi connectivity index (χ2v) is 3.25. The third-order valence-electron chi connectivity index (χ3n) is 1.90. The van der Waals surface area contributed by atoms with Crippen LogP contribution < -0.4 is 5.73 Å². The number of rotatable bonds is 2. The van der Waals surface area contributed by atoms with Gasteiger partial charge in [-0.3, -0.25) is 4.68 Å². The first-order chi connectivity index (χ1) is 6.66. The molecular weight excluding hydrogens is 180 g/mol. The highest BCUT2D eigenvalue weighted by molar-refractivity contribution is 5.53. The largest absolute Gasteiger partial charge is 0.439 e. The summed E-state index contributed by atoms with van der Waals surface area (Å²) in [4.78, 5) is 4.07. The molecular formula is C9H12N4O. The fourth-order valence-electron chi connectivity index (χ4n) is 1.18. The van der Waals surface area contributed by atoms with E-state index in [9.17, 15) is 0 Å². The Morgan fingerprint density at radius 3 is 2.79 bits per heavy atom. The summed E-state index contributed by atoms with van der Waals surface area (Å²) in [5.74, 6) is 1.24. The zero-order valence-electron chi connectivity index (χ0n) is 8.14. The highest BCUT2D eigenvalue weighted by atomic mass is 16.4. The van der Waals surface area contributed by atoms with E-state index in [-0.39, 0.29) is 6.04 Å². The van der Waals surface area contributed by atoms with E-state index < -0.39 is 0 Å². The normalized spacial score (nSPS) is 13.1. The molecule has 0 aliphatic carbocycles. The molecule has 2 rings (SSSR count). The summed E-state index contributed by atoms with van der Waals surface area (Å²) in [7, 11) is 1.85. The van der Waals surface area contributed by atoms with Gasteiger partial charge in [-0.05, 0) is 6.92 Å². The Bertz CT molecular complexity index is 429. The van der Waals surface area contributed by atoms with Crippen molar-refractivity contribution in [2.45, 2.75) is 13.0 Å². The summed E-state index contributed by atoms with van der Waals surface area (Å²) < 4.78 is 7.17. The van der Waals surface area contributed by atoms with E-state index in [1.54, 1.807) is 17.1 Å². The molecule has 1 atom stereocenters. The van der Waals surface area contributed by atoms with Crippen molar-refractivity contribution in [3.05, 3.63) is 24.5 Å². The van der Waals surface area contributed by atoms with Crippen LogP contribution >= 0.6 is 0 Å². The first-order valence-corrected chi connectivity index (χ1v) is 4.37. The number of oxazole rings is 1. The molecule has 5 nitrogen and oxygen atoms in total. The fraction of sp³-hybridized carbons (Fsp3) is 0.333. The highest BCUT2D eigenvalue weighted by Gasteiger charge is 2.10. The third-order valence-corrected chi connectivity index (χ3v) is 1.90. The zero-order valence-corrected chi connectivity index (χ0v) is 8.14. The molecule has 0 saturated heterocycles. The zero-order chi connectivity index (χ0) is 10.1. The van der Waals surface area contributed by atoms with Gasteiger partial charge in [0.15, 0.2) is 5.76 Å². The van der Waals surface area contributed by atoms with Gasteiger partial charge in [-0.15, -0.1) is 0 Å². The average molecular weight is 192 g/mol. The van der Waals surface area contributed by atoms with Crippen LogP contribution in [0.1, 0.15) is 18.9 Å². The Labute approximate surface area is 81.5 Å². The maximum absolute atomic E-state index is 5.63. The van der Waals surface area contributed by atoms with Crippen molar-refractivity contribution in [2.24, 2.45) is 12.8 Å². The summed E-state index contributed by atoms with van der Waals surface area (Å²) >= 11 is 0. The van der Waals surface area contributed by atoms with Crippen LogP contribution in [0.3, 0.4) is 0 Å². The van der Waals surface area contributed by atoms with Crippen LogP contribution in [0, 0.1) is 0 Å². The topological polar surface area (TPSA) is 69.9 Å². The monoisotopic (exact) mass is 192 g/mol. The predicted molar refractivity (Wildman–Crippen MR) is 51.3 cm³/mol. The molecule has 2 heterocycles. The number of aryl methyl sites for hydroxylation is 1. The van der Waals surface area contributed by atoms with Crippen LogP contribution in [-0.4, -0.2) is 14.8 Å². The minimum atomic E-state index is -0.180. The Morgan fingerprint density at radius 1 is 1.50 bits per heavy atom. The maximum atomic E-state index is 5.63. The van der Waals surface area contributed by atoms with Crippen LogP contribution in [0.2, 0.25) is 0 Å². The first-order valence-electron chi connectivity index (χ1n) is 4.37. The number of nitrogens with two attached hydrogens (primary N) is 1. The minimum Gasteiger partial charge on any atom is -0.439 e. The molecule has 0 aromatic carbocycles. The summed E-state index contributed by atoms with van der Waals surface area (Å²) in [6.45, 7) is 1.83. The van der Waals surface area contributed by atoms with E-state index in [0.717, 1.165) is 5.56 Å². The van der Waals surface area contributed by atoms with E-state index >= 15 is 0 Å². The van der Waals surface area contributed by atoms with E-state index in [1.807, 2.05) is 20.2 Å². The van der Waals surface area contributed by atoms with Crippen molar-refractivity contribution in [3.8, 4) is 11.3 Å². The van der Waals surface area contributed by atoms with Crippen molar-refractivity contribution in [1.82, 2.24) is 14.8 Å². The summed E-state index contributed by atoms with van der Waals surface area (Å²) in [6, 6.07) is -0.180. The molecule has 74 valence electrons. The SMILES string of the molecule is CC(N)c1ncc(-c2cnn(C)c2)o1. The van der Waals surface area contributed by atoms with Crippen molar-refractivity contribution < 1.29 is 4.42 Å². The van der Waals surface area contributed by atoms with E-state index in [4.69, 9.17) is 10.2 Å². The van der Waals surface area contributed by atoms with Crippen LogP contribution in [0.5, 0.6) is 0 Å². The van der Waals surface area contributed by atoms with E-state index in [0.29, 0.717) is 11.7 Å². The van der Waals surface area contributed by atoms with E-state index in [1.165, 1.54) is 0 Å². The van der Waals surface area contributed by atoms with Crippen molar-refractivity contribution in [2.75, 3.05) is 0 Å². The maximum Gasteiger partial charge on any atom is 0.211 e. The van der Waals surface area contributed by atoms with Crippen LogP contribution in [0.4, 0.5) is 0 Å². The highest BCUT2D eigenvalue weighted by Crippen LogP contribution is 2.21. The lowest BCUT2D eigenvalue weighted by Gasteiger charge is -1.95. The first kappa shape index (κ1) is 8.96. The Hall–Kier alpha value is -1.62. The number of aromatic nitrogens is 3. The lowest BCUT2D eigenvalue weighted by atomic mass is 10.3. The van der Waals surface area contributed by atoms with Crippen molar-refractivity contribution in [1.29, 1.82) is 0 Å². The van der Waals surface area contributed by atoms with Gasteiger partial charge in [0.25, 0.3) is 0 Å².